The maximum absolute atomic E-state index is 12.6. The normalized spacial score (nSPS) is 20.0. The van der Waals surface area contributed by atoms with Crippen molar-refractivity contribution in [3.63, 3.8) is 0 Å². The van der Waals surface area contributed by atoms with Gasteiger partial charge in [-0.25, -0.2) is 0 Å². The van der Waals surface area contributed by atoms with Gasteiger partial charge in [0.1, 0.15) is 5.69 Å². The van der Waals surface area contributed by atoms with Gasteiger partial charge in [0.25, 0.3) is 5.91 Å². The molecule has 8 nitrogen and oxygen atoms in total. The third kappa shape index (κ3) is 3.25. The SMILES string of the molecule is Cn1cc(-c2cc(C(=O)N[C@@H]3CCC(=O)N[C@H]3c3cccs3)on2)cn1. The van der Waals surface area contributed by atoms with E-state index in [0.717, 1.165) is 10.4 Å². The van der Waals surface area contributed by atoms with Crippen molar-refractivity contribution in [2.24, 2.45) is 7.05 Å². The first-order valence-corrected chi connectivity index (χ1v) is 9.07. The Morgan fingerprint density at radius 1 is 1.50 bits per heavy atom. The van der Waals surface area contributed by atoms with Crippen LogP contribution in [0.3, 0.4) is 0 Å². The summed E-state index contributed by atoms with van der Waals surface area (Å²) in [6.45, 7) is 0. The van der Waals surface area contributed by atoms with Crippen molar-refractivity contribution in [3.05, 3.63) is 46.6 Å². The van der Waals surface area contributed by atoms with E-state index in [2.05, 4.69) is 20.9 Å². The number of amides is 2. The standard InChI is InChI=1S/C17H17N5O3S/c1-22-9-10(8-18-22)12-7-13(25-21-12)17(24)19-11-4-5-15(23)20-16(11)14-3-2-6-26-14/h2-3,6-9,11,16H,4-5H2,1H3,(H,19,24)(H,20,23)/t11-,16-/m1/s1. The van der Waals surface area contributed by atoms with Crippen LogP contribution >= 0.6 is 11.3 Å². The van der Waals surface area contributed by atoms with Crippen LogP contribution in [-0.2, 0) is 11.8 Å². The van der Waals surface area contributed by atoms with E-state index in [-0.39, 0.29) is 29.7 Å². The van der Waals surface area contributed by atoms with Crippen LogP contribution in [0, 0.1) is 0 Å². The number of hydrogen-bond donors (Lipinski definition) is 2. The number of aryl methyl sites for hydroxylation is 1. The molecule has 1 saturated heterocycles. The van der Waals surface area contributed by atoms with Crippen molar-refractivity contribution in [3.8, 4) is 11.3 Å². The fraction of sp³-hybridized carbons (Fsp3) is 0.294. The number of carbonyl (C=O) groups is 2. The van der Waals surface area contributed by atoms with Crippen LogP contribution in [-0.4, -0.2) is 32.8 Å². The second kappa shape index (κ2) is 6.75. The Hall–Kier alpha value is -2.94. The van der Waals surface area contributed by atoms with Gasteiger partial charge in [-0.2, -0.15) is 5.10 Å². The molecule has 0 spiro atoms. The Bertz CT molecular complexity index is 930. The van der Waals surface area contributed by atoms with Crippen LogP contribution in [0.5, 0.6) is 0 Å². The monoisotopic (exact) mass is 371 g/mol. The van der Waals surface area contributed by atoms with Crippen molar-refractivity contribution in [1.82, 2.24) is 25.6 Å². The second-order valence-electron chi connectivity index (χ2n) is 6.16. The second-order valence-corrected chi connectivity index (χ2v) is 7.14. The molecule has 3 aromatic rings. The summed E-state index contributed by atoms with van der Waals surface area (Å²) in [6, 6.07) is 5.03. The van der Waals surface area contributed by atoms with Gasteiger partial charge in [0, 0.05) is 36.2 Å². The van der Waals surface area contributed by atoms with Crippen molar-refractivity contribution < 1.29 is 14.1 Å². The molecule has 0 saturated carbocycles. The molecule has 2 amide bonds. The van der Waals surface area contributed by atoms with Crippen LogP contribution in [0.15, 0.2) is 40.5 Å². The summed E-state index contributed by atoms with van der Waals surface area (Å²) >= 11 is 1.55. The Morgan fingerprint density at radius 3 is 3.12 bits per heavy atom. The summed E-state index contributed by atoms with van der Waals surface area (Å²) in [4.78, 5) is 25.4. The lowest BCUT2D eigenvalue weighted by Gasteiger charge is -2.31. The van der Waals surface area contributed by atoms with Gasteiger partial charge in [-0.3, -0.25) is 14.3 Å². The highest BCUT2D eigenvalue weighted by molar-refractivity contribution is 7.10. The van der Waals surface area contributed by atoms with Gasteiger partial charge in [-0.1, -0.05) is 11.2 Å². The van der Waals surface area contributed by atoms with Gasteiger partial charge in [-0.15, -0.1) is 11.3 Å². The molecule has 2 atom stereocenters. The lowest BCUT2D eigenvalue weighted by molar-refractivity contribution is -0.123. The van der Waals surface area contributed by atoms with Crippen LogP contribution in [0.1, 0.15) is 34.3 Å². The zero-order valence-electron chi connectivity index (χ0n) is 14.0. The molecule has 4 rings (SSSR count). The van der Waals surface area contributed by atoms with E-state index in [0.29, 0.717) is 18.5 Å². The van der Waals surface area contributed by atoms with Crippen molar-refractivity contribution in [2.45, 2.75) is 24.9 Å². The number of aromatic nitrogens is 3. The van der Waals surface area contributed by atoms with E-state index in [4.69, 9.17) is 4.52 Å². The maximum Gasteiger partial charge on any atom is 0.290 e. The topological polar surface area (TPSA) is 102 Å². The summed E-state index contributed by atoms with van der Waals surface area (Å²) < 4.78 is 6.85. The van der Waals surface area contributed by atoms with Crippen LogP contribution < -0.4 is 10.6 Å². The number of rotatable bonds is 4. The van der Waals surface area contributed by atoms with Gasteiger partial charge in [0.2, 0.25) is 11.7 Å². The molecule has 1 aliphatic heterocycles. The molecular weight excluding hydrogens is 354 g/mol. The average molecular weight is 371 g/mol. The smallest absolute Gasteiger partial charge is 0.290 e. The molecule has 4 heterocycles. The lowest BCUT2D eigenvalue weighted by atomic mass is 9.96. The lowest BCUT2D eigenvalue weighted by Crippen LogP contribution is -2.49. The number of piperidine rings is 1. The first kappa shape index (κ1) is 16.5. The Kier molecular flexibility index (Phi) is 4.29. The molecule has 0 radical (unpaired) electrons. The third-order valence-corrected chi connectivity index (χ3v) is 5.26. The minimum atomic E-state index is -0.352. The fourth-order valence-electron chi connectivity index (χ4n) is 3.00. The summed E-state index contributed by atoms with van der Waals surface area (Å²) in [6.07, 6.45) is 4.40. The van der Waals surface area contributed by atoms with Crippen molar-refractivity contribution >= 4 is 23.2 Å². The predicted molar refractivity (Wildman–Crippen MR) is 94.4 cm³/mol. The molecule has 0 bridgehead atoms. The molecule has 0 unspecified atom stereocenters. The fourth-order valence-corrected chi connectivity index (χ4v) is 3.85. The number of nitrogens with zero attached hydrogens (tertiary/aromatic N) is 3. The highest BCUT2D eigenvalue weighted by Crippen LogP contribution is 2.28. The predicted octanol–water partition coefficient (Wildman–Crippen LogP) is 1.89. The molecule has 3 aromatic heterocycles. The molecule has 134 valence electrons. The van der Waals surface area contributed by atoms with Crippen LogP contribution in [0.2, 0.25) is 0 Å². The first-order valence-electron chi connectivity index (χ1n) is 8.19. The quantitative estimate of drug-likeness (QED) is 0.729. The molecule has 1 aliphatic rings. The number of nitrogens with one attached hydrogen (secondary N) is 2. The highest BCUT2D eigenvalue weighted by atomic mass is 32.1. The molecule has 0 aliphatic carbocycles. The number of carbonyl (C=O) groups excluding carboxylic acids is 2. The molecule has 2 N–H and O–H groups in total. The molecule has 1 fully saturated rings. The average Bonchev–Trinajstić information content (AvgIpc) is 3.37. The third-order valence-electron chi connectivity index (χ3n) is 4.30. The van der Waals surface area contributed by atoms with Crippen molar-refractivity contribution in [1.29, 1.82) is 0 Å². The summed E-state index contributed by atoms with van der Waals surface area (Å²) in [5.74, 6) is -0.228. The van der Waals surface area contributed by atoms with E-state index in [1.165, 1.54) is 0 Å². The van der Waals surface area contributed by atoms with Crippen LogP contribution in [0.25, 0.3) is 11.3 Å². The van der Waals surface area contributed by atoms with Crippen LogP contribution in [0.4, 0.5) is 0 Å². The van der Waals surface area contributed by atoms with Gasteiger partial charge in [0.15, 0.2) is 0 Å². The van der Waals surface area contributed by atoms with E-state index in [1.54, 1.807) is 41.5 Å². The van der Waals surface area contributed by atoms with E-state index >= 15 is 0 Å². The Labute approximate surface area is 153 Å². The highest BCUT2D eigenvalue weighted by Gasteiger charge is 2.32. The van der Waals surface area contributed by atoms with E-state index in [1.807, 2.05) is 17.5 Å². The van der Waals surface area contributed by atoms with E-state index in [9.17, 15) is 9.59 Å². The Morgan fingerprint density at radius 2 is 2.38 bits per heavy atom. The molecule has 0 aromatic carbocycles. The zero-order chi connectivity index (χ0) is 18.1. The van der Waals surface area contributed by atoms with Gasteiger partial charge in [0.05, 0.1) is 18.3 Å². The minimum absolute atomic E-state index is 0.00701. The molecular formula is C17H17N5O3S. The number of thiophene rings is 1. The summed E-state index contributed by atoms with van der Waals surface area (Å²) in [5, 5.41) is 15.9. The summed E-state index contributed by atoms with van der Waals surface area (Å²) in [5.41, 5.74) is 1.33. The summed E-state index contributed by atoms with van der Waals surface area (Å²) in [7, 11) is 1.80. The zero-order valence-corrected chi connectivity index (χ0v) is 14.8. The minimum Gasteiger partial charge on any atom is -0.350 e. The maximum atomic E-state index is 12.6. The van der Waals surface area contributed by atoms with Gasteiger partial charge in [-0.05, 0) is 17.9 Å². The van der Waals surface area contributed by atoms with E-state index < -0.39 is 0 Å². The Balaban J connectivity index is 1.50. The van der Waals surface area contributed by atoms with Gasteiger partial charge >= 0.3 is 0 Å². The van der Waals surface area contributed by atoms with Gasteiger partial charge < -0.3 is 15.2 Å². The largest absolute Gasteiger partial charge is 0.350 e. The van der Waals surface area contributed by atoms with Crippen molar-refractivity contribution in [2.75, 3.05) is 0 Å². The molecule has 26 heavy (non-hydrogen) atoms. The first-order chi connectivity index (χ1) is 12.6. The number of hydrogen-bond acceptors (Lipinski definition) is 6. The molecule has 9 heteroatoms.